The quantitative estimate of drug-likeness (QED) is 0.778. The summed E-state index contributed by atoms with van der Waals surface area (Å²) in [6.07, 6.45) is 0. The predicted octanol–water partition coefficient (Wildman–Crippen LogP) is 1.44. The second-order valence-electron chi connectivity index (χ2n) is 3.33. The third kappa shape index (κ3) is 3.43. The van der Waals surface area contributed by atoms with Gasteiger partial charge >= 0.3 is 5.97 Å². The maximum absolute atomic E-state index is 10.2. The predicted molar refractivity (Wildman–Crippen MR) is 55.5 cm³/mol. The highest BCUT2D eigenvalue weighted by molar-refractivity contribution is 7.09. The molecule has 4 nitrogen and oxygen atoms in total. The van der Waals surface area contributed by atoms with Gasteiger partial charge < -0.3 is 10.4 Å². The zero-order valence-electron chi connectivity index (χ0n) is 8.28. The number of rotatable bonds is 5. The number of hydrogen-bond donors (Lipinski definition) is 2. The van der Waals surface area contributed by atoms with Crippen LogP contribution in [-0.4, -0.2) is 22.6 Å². The Morgan fingerprint density at radius 3 is 2.93 bits per heavy atom. The number of nitrogens with zero attached hydrogens (tertiary/aromatic N) is 1. The van der Waals surface area contributed by atoms with Crippen molar-refractivity contribution in [2.45, 2.75) is 26.3 Å². The molecular weight excluding hydrogens is 200 g/mol. The minimum atomic E-state index is -0.843. The molecule has 0 unspecified atom stereocenters. The number of thiazole rings is 1. The summed E-state index contributed by atoms with van der Waals surface area (Å²) >= 11 is 1.62. The highest BCUT2D eigenvalue weighted by Crippen LogP contribution is 2.18. The van der Waals surface area contributed by atoms with Crippen molar-refractivity contribution in [3.05, 3.63) is 16.1 Å². The lowest BCUT2D eigenvalue weighted by atomic mass is 10.2. The van der Waals surface area contributed by atoms with Gasteiger partial charge in [0.05, 0.1) is 17.2 Å². The third-order valence-electron chi connectivity index (χ3n) is 1.65. The molecule has 78 valence electrons. The molecule has 0 saturated carbocycles. The average molecular weight is 214 g/mol. The molecule has 0 fully saturated rings. The van der Waals surface area contributed by atoms with Crippen molar-refractivity contribution < 1.29 is 9.90 Å². The lowest BCUT2D eigenvalue weighted by molar-refractivity contribution is -0.135. The number of aliphatic carboxylic acids is 1. The lowest BCUT2D eigenvalue weighted by Crippen LogP contribution is -2.21. The van der Waals surface area contributed by atoms with Crippen molar-refractivity contribution in [1.82, 2.24) is 10.3 Å². The van der Waals surface area contributed by atoms with Gasteiger partial charge in [-0.3, -0.25) is 4.79 Å². The maximum atomic E-state index is 10.2. The minimum absolute atomic E-state index is 0.0193. The van der Waals surface area contributed by atoms with Crippen molar-refractivity contribution in [2.75, 3.05) is 6.54 Å². The first-order chi connectivity index (χ1) is 6.59. The molecule has 1 aromatic heterocycles. The van der Waals surface area contributed by atoms with Gasteiger partial charge in [-0.2, -0.15) is 0 Å². The first kappa shape index (κ1) is 11.1. The van der Waals surface area contributed by atoms with Crippen molar-refractivity contribution in [1.29, 1.82) is 0 Å². The van der Waals surface area contributed by atoms with Gasteiger partial charge in [0.25, 0.3) is 0 Å². The highest BCUT2D eigenvalue weighted by atomic mass is 32.1. The van der Waals surface area contributed by atoms with Gasteiger partial charge in [0.1, 0.15) is 0 Å². The van der Waals surface area contributed by atoms with Crippen LogP contribution in [0.3, 0.4) is 0 Å². The van der Waals surface area contributed by atoms with E-state index in [-0.39, 0.29) is 6.54 Å². The number of carboxylic acids is 1. The average Bonchev–Trinajstić information content (AvgIpc) is 2.52. The molecule has 1 rings (SSSR count). The van der Waals surface area contributed by atoms with Crippen LogP contribution in [0.1, 0.15) is 30.5 Å². The van der Waals surface area contributed by atoms with Crippen LogP contribution in [-0.2, 0) is 11.3 Å². The first-order valence-electron chi connectivity index (χ1n) is 4.46. The molecule has 0 saturated heterocycles. The molecular formula is C9H14N2O2S. The lowest BCUT2D eigenvalue weighted by Gasteiger charge is -1.98. The van der Waals surface area contributed by atoms with E-state index in [0.29, 0.717) is 12.5 Å². The summed E-state index contributed by atoms with van der Waals surface area (Å²) in [5.41, 5.74) is 0.917. The molecule has 5 heteroatoms. The first-order valence-corrected chi connectivity index (χ1v) is 5.34. The third-order valence-corrected chi connectivity index (χ3v) is 2.84. The van der Waals surface area contributed by atoms with Crippen molar-refractivity contribution in [2.24, 2.45) is 0 Å². The van der Waals surface area contributed by atoms with E-state index in [9.17, 15) is 4.79 Å². The fourth-order valence-corrected chi connectivity index (χ4v) is 1.80. The Balaban J connectivity index is 2.40. The second kappa shape index (κ2) is 5.07. The van der Waals surface area contributed by atoms with E-state index in [1.165, 1.54) is 0 Å². The van der Waals surface area contributed by atoms with Crippen LogP contribution in [0.25, 0.3) is 0 Å². The van der Waals surface area contributed by atoms with E-state index in [4.69, 9.17) is 5.11 Å². The van der Waals surface area contributed by atoms with Crippen molar-refractivity contribution in [3.63, 3.8) is 0 Å². The van der Waals surface area contributed by atoms with Crippen molar-refractivity contribution >= 4 is 17.3 Å². The Labute approximate surface area is 87.0 Å². The maximum Gasteiger partial charge on any atom is 0.317 e. The van der Waals surface area contributed by atoms with E-state index in [0.717, 1.165) is 10.7 Å². The fourth-order valence-electron chi connectivity index (χ4n) is 0.967. The fraction of sp³-hybridized carbons (Fsp3) is 0.556. The van der Waals surface area contributed by atoms with Crippen LogP contribution in [0, 0.1) is 0 Å². The van der Waals surface area contributed by atoms with Crippen LogP contribution < -0.4 is 5.32 Å². The molecule has 0 aliphatic carbocycles. The molecule has 0 amide bonds. The van der Waals surface area contributed by atoms with Gasteiger partial charge in [-0.25, -0.2) is 4.98 Å². The summed E-state index contributed by atoms with van der Waals surface area (Å²) in [6.45, 7) is 4.69. The summed E-state index contributed by atoms with van der Waals surface area (Å²) in [4.78, 5) is 14.6. The van der Waals surface area contributed by atoms with Gasteiger partial charge in [0.2, 0.25) is 0 Å². The molecule has 1 heterocycles. The molecule has 2 N–H and O–H groups in total. The van der Waals surface area contributed by atoms with E-state index in [1.807, 2.05) is 5.38 Å². The minimum Gasteiger partial charge on any atom is -0.480 e. The molecule has 0 radical (unpaired) electrons. The zero-order valence-corrected chi connectivity index (χ0v) is 9.10. The van der Waals surface area contributed by atoms with Gasteiger partial charge in [-0.1, -0.05) is 13.8 Å². The number of hydrogen-bond acceptors (Lipinski definition) is 4. The monoisotopic (exact) mass is 214 g/mol. The molecule has 1 aromatic rings. The normalized spacial score (nSPS) is 10.8. The van der Waals surface area contributed by atoms with Gasteiger partial charge in [0.15, 0.2) is 0 Å². The molecule has 0 atom stereocenters. The van der Waals surface area contributed by atoms with Crippen LogP contribution >= 0.6 is 11.3 Å². The van der Waals surface area contributed by atoms with E-state index in [2.05, 4.69) is 24.1 Å². The molecule has 0 bridgehead atoms. The summed E-state index contributed by atoms with van der Waals surface area (Å²) < 4.78 is 0. The number of nitrogens with one attached hydrogen (secondary N) is 1. The Hall–Kier alpha value is -0.940. The summed E-state index contributed by atoms with van der Waals surface area (Å²) in [5.74, 6) is -0.405. The Morgan fingerprint density at radius 1 is 1.71 bits per heavy atom. The number of carboxylic acid groups (broad SMARTS) is 1. The number of carbonyl (C=O) groups is 1. The zero-order chi connectivity index (χ0) is 10.6. The van der Waals surface area contributed by atoms with Crippen molar-refractivity contribution in [3.8, 4) is 0 Å². The Kier molecular flexibility index (Phi) is 4.03. The largest absolute Gasteiger partial charge is 0.480 e. The van der Waals surface area contributed by atoms with Crippen LogP contribution in [0.4, 0.5) is 0 Å². The molecule has 0 spiro atoms. The molecule has 0 aliphatic heterocycles. The van der Waals surface area contributed by atoms with Gasteiger partial charge in [0, 0.05) is 17.8 Å². The summed E-state index contributed by atoms with van der Waals surface area (Å²) in [5, 5.41) is 14.3. The van der Waals surface area contributed by atoms with Crippen LogP contribution in [0.2, 0.25) is 0 Å². The highest BCUT2D eigenvalue weighted by Gasteiger charge is 2.05. The number of aromatic nitrogens is 1. The standard InChI is InChI=1S/C9H14N2O2S/c1-6(2)9-11-7(5-14-9)3-10-4-8(12)13/h5-6,10H,3-4H2,1-2H3,(H,12,13). The summed E-state index contributed by atoms with van der Waals surface area (Å²) in [7, 11) is 0. The molecule has 14 heavy (non-hydrogen) atoms. The smallest absolute Gasteiger partial charge is 0.317 e. The second-order valence-corrected chi connectivity index (χ2v) is 4.22. The van der Waals surface area contributed by atoms with Crippen LogP contribution in [0.5, 0.6) is 0 Å². The van der Waals surface area contributed by atoms with Crippen LogP contribution in [0.15, 0.2) is 5.38 Å². The topological polar surface area (TPSA) is 62.2 Å². The summed E-state index contributed by atoms with van der Waals surface area (Å²) in [6, 6.07) is 0. The van der Waals surface area contributed by atoms with Gasteiger partial charge in [-0.05, 0) is 0 Å². The molecule has 0 aliphatic rings. The molecule has 0 aromatic carbocycles. The van der Waals surface area contributed by atoms with E-state index in [1.54, 1.807) is 11.3 Å². The SMILES string of the molecule is CC(C)c1nc(CNCC(=O)O)cs1. The Morgan fingerprint density at radius 2 is 2.43 bits per heavy atom. The van der Waals surface area contributed by atoms with Gasteiger partial charge in [-0.15, -0.1) is 11.3 Å². The Bertz CT molecular complexity index is 310. The van der Waals surface area contributed by atoms with E-state index >= 15 is 0 Å². The van der Waals surface area contributed by atoms with E-state index < -0.39 is 5.97 Å².